The molecule has 2 nitrogen and oxygen atoms in total. The van der Waals surface area contributed by atoms with Crippen molar-refractivity contribution in [2.24, 2.45) is 11.7 Å². The highest BCUT2D eigenvalue weighted by molar-refractivity contribution is 5.42. The van der Waals surface area contributed by atoms with Gasteiger partial charge < -0.3 is 11.5 Å². The highest BCUT2D eigenvalue weighted by Gasteiger charge is 2.25. The average molecular weight is 194 g/mol. The van der Waals surface area contributed by atoms with Crippen LogP contribution in [0.4, 0.5) is 10.1 Å². The lowest BCUT2D eigenvalue weighted by atomic mass is 10.0. The average Bonchev–Trinajstić information content (AvgIpc) is 2.93. The van der Waals surface area contributed by atoms with E-state index < -0.39 is 0 Å². The maximum Gasteiger partial charge on any atom is 0.128 e. The number of halogens is 1. The van der Waals surface area contributed by atoms with Crippen LogP contribution in [0.2, 0.25) is 0 Å². The molecular weight excluding hydrogens is 179 g/mol. The second-order valence-electron chi connectivity index (χ2n) is 4.07. The van der Waals surface area contributed by atoms with Crippen LogP contribution in [0.3, 0.4) is 0 Å². The first-order valence-electron chi connectivity index (χ1n) is 4.97. The van der Waals surface area contributed by atoms with E-state index in [2.05, 4.69) is 0 Å². The van der Waals surface area contributed by atoms with Crippen molar-refractivity contribution in [1.82, 2.24) is 0 Å². The first-order valence-corrected chi connectivity index (χ1v) is 4.97. The summed E-state index contributed by atoms with van der Waals surface area (Å²) in [5, 5.41) is 0. The lowest BCUT2D eigenvalue weighted by Gasteiger charge is -2.12. The predicted octanol–water partition coefficient (Wildman–Crippen LogP) is 2.21. The minimum absolute atomic E-state index is 0.203. The van der Waals surface area contributed by atoms with E-state index in [1.54, 1.807) is 12.1 Å². The van der Waals surface area contributed by atoms with Crippen LogP contribution >= 0.6 is 0 Å². The Bertz CT molecular complexity index is 334. The Hall–Kier alpha value is -1.09. The lowest BCUT2D eigenvalue weighted by molar-refractivity contribution is 0.543. The lowest BCUT2D eigenvalue weighted by Crippen LogP contribution is -2.13. The van der Waals surface area contributed by atoms with Crippen LogP contribution in [0, 0.1) is 11.7 Å². The molecule has 1 aromatic rings. The molecule has 1 aromatic carbocycles. The molecule has 1 fully saturated rings. The molecule has 1 unspecified atom stereocenters. The van der Waals surface area contributed by atoms with Gasteiger partial charge in [0.05, 0.1) is 0 Å². The van der Waals surface area contributed by atoms with Gasteiger partial charge in [-0.3, -0.25) is 0 Å². The van der Waals surface area contributed by atoms with Crippen molar-refractivity contribution in [3.05, 3.63) is 29.6 Å². The maximum absolute atomic E-state index is 13.4. The third-order valence-corrected chi connectivity index (χ3v) is 2.70. The van der Waals surface area contributed by atoms with Gasteiger partial charge in [-0.05, 0) is 30.5 Å². The van der Waals surface area contributed by atoms with Crippen molar-refractivity contribution in [3.63, 3.8) is 0 Å². The van der Waals surface area contributed by atoms with Crippen LogP contribution in [-0.2, 0) is 0 Å². The smallest absolute Gasteiger partial charge is 0.128 e. The predicted molar refractivity (Wildman–Crippen MR) is 55.1 cm³/mol. The monoisotopic (exact) mass is 194 g/mol. The van der Waals surface area contributed by atoms with Crippen molar-refractivity contribution in [2.75, 3.05) is 5.73 Å². The molecule has 3 heteroatoms. The SMILES string of the molecule is Nc1ccc(F)c(C(N)CC2CC2)c1. The molecule has 0 heterocycles. The molecule has 0 bridgehead atoms. The van der Waals surface area contributed by atoms with E-state index in [0.717, 1.165) is 6.42 Å². The van der Waals surface area contributed by atoms with Gasteiger partial charge in [0.25, 0.3) is 0 Å². The number of nitrogen functional groups attached to an aromatic ring is 1. The second-order valence-corrected chi connectivity index (χ2v) is 4.07. The third kappa shape index (κ3) is 2.04. The summed E-state index contributed by atoms with van der Waals surface area (Å²) < 4.78 is 13.4. The van der Waals surface area contributed by atoms with E-state index in [1.165, 1.54) is 18.9 Å². The molecule has 14 heavy (non-hydrogen) atoms. The van der Waals surface area contributed by atoms with Gasteiger partial charge in [-0.15, -0.1) is 0 Å². The number of nitrogens with two attached hydrogens (primary N) is 2. The Morgan fingerprint density at radius 3 is 2.79 bits per heavy atom. The Morgan fingerprint density at radius 2 is 2.14 bits per heavy atom. The standard InChI is InChI=1S/C11H15FN2/c12-10-4-3-8(13)6-9(10)11(14)5-7-1-2-7/h3-4,6-7,11H,1-2,5,13-14H2. The minimum Gasteiger partial charge on any atom is -0.399 e. The molecule has 1 atom stereocenters. The summed E-state index contributed by atoms with van der Waals surface area (Å²) in [6.07, 6.45) is 3.34. The van der Waals surface area contributed by atoms with Gasteiger partial charge in [-0.25, -0.2) is 4.39 Å². The normalized spacial score (nSPS) is 18.1. The molecule has 1 saturated carbocycles. The summed E-state index contributed by atoms with van der Waals surface area (Å²) >= 11 is 0. The van der Waals surface area contributed by atoms with Crippen LogP contribution in [0.25, 0.3) is 0 Å². The quantitative estimate of drug-likeness (QED) is 0.725. The fourth-order valence-electron chi connectivity index (χ4n) is 1.69. The molecule has 2 rings (SSSR count). The number of rotatable bonds is 3. The van der Waals surface area contributed by atoms with E-state index in [4.69, 9.17) is 11.5 Å². The Labute approximate surface area is 83.1 Å². The second kappa shape index (κ2) is 3.58. The molecule has 0 radical (unpaired) electrons. The zero-order valence-electron chi connectivity index (χ0n) is 8.04. The van der Waals surface area contributed by atoms with Crippen LogP contribution in [0.15, 0.2) is 18.2 Å². The van der Waals surface area contributed by atoms with Crippen LogP contribution < -0.4 is 11.5 Å². The summed E-state index contributed by atoms with van der Waals surface area (Å²) in [5.74, 6) is 0.457. The van der Waals surface area contributed by atoms with Crippen LogP contribution in [0.5, 0.6) is 0 Å². The largest absolute Gasteiger partial charge is 0.399 e. The summed E-state index contributed by atoms with van der Waals surface area (Å²) in [6, 6.07) is 4.38. The van der Waals surface area contributed by atoms with E-state index in [0.29, 0.717) is 17.2 Å². The topological polar surface area (TPSA) is 52.0 Å². The maximum atomic E-state index is 13.4. The molecule has 0 aliphatic heterocycles. The first kappa shape index (κ1) is 9.46. The summed E-state index contributed by atoms with van der Waals surface area (Å²) in [4.78, 5) is 0. The van der Waals surface area contributed by atoms with Crippen molar-refractivity contribution < 1.29 is 4.39 Å². The van der Waals surface area contributed by atoms with E-state index in [9.17, 15) is 4.39 Å². The molecule has 4 N–H and O–H groups in total. The summed E-state index contributed by atoms with van der Waals surface area (Å²) in [6.45, 7) is 0. The van der Waals surface area contributed by atoms with Gasteiger partial charge in [0, 0.05) is 17.3 Å². The molecular formula is C11H15FN2. The molecule has 0 amide bonds. The molecule has 76 valence electrons. The fraction of sp³-hybridized carbons (Fsp3) is 0.455. The molecule has 0 aromatic heterocycles. The Kier molecular flexibility index (Phi) is 2.42. The van der Waals surface area contributed by atoms with Crippen molar-refractivity contribution in [2.45, 2.75) is 25.3 Å². The van der Waals surface area contributed by atoms with Crippen molar-refractivity contribution in [3.8, 4) is 0 Å². The molecule has 1 aliphatic carbocycles. The molecule has 0 saturated heterocycles. The van der Waals surface area contributed by atoms with E-state index >= 15 is 0 Å². The summed E-state index contributed by atoms with van der Waals surface area (Å²) in [7, 11) is 0. The zero-order valence-corrected chi connectivity index (χ0v) is 8.04. The third-order valence-electron chi connectivity index (χ3n) is 2.70. The van der Waals surface area contributed by atoms with E-state index in [1.807, 2.05) is 0 Å². The van der Waals surface area contributed by atoms with Gasteiger partial charge in [0.15, 0.2) is 0 Å². The highest BCUT2D eigenvalue weighted by Crippen LogP contribution is 2.37. The van der Waals surface area contributed by atoms with Gasteiger partial charge in [-0.1, -0.05) is 12.8 Å². The Balaban J connectivity index is 2.15. The zero-order chi connectivity index (χ0) is 10.1. The van der Waals surface area contributed by atoms with Gasteiger partial charge in [-0.2, -0.15) is 0 Å². The van der Waals surface area contributed by atoms with Gasteiger partial charge >= 0.3 is 0 Å². The highest BCUT2D eigenvalue weighted by atomic mass is 19.1. The molecule has 0 spiro atoms. The number of anilines is 1. The fourth-order valence-corrected chi connectivity index (χ4v) is 1.69. The van der Waals surface area contributed by atoms with Gasteiger partial charge in [0.1, 0.15) is 5.82 Å². The Morgan fingerprint density at radius 1 is 1.43 bits per heavy atom. The minimum atomic E-state index is -0.243. The number of hydrogen-bond donors (Lipinski definition) is 2. The van der Waals surface area contributed by atoms with Crippen LogP contribution in [0.1, 0.15) is 30.9 Å². The van der Waals surface area contributed by atoms with Crippen molar-refractivity contribution in [1.29, 1.82) is 0 Å². The summed E-state index contributed by atoms with van der Waals surface area (Å²) in [5.41, 5.74) is 12.6. The van der Waals surface area contributed by atoms with E-state index in [-0.39, 0.29) is 11.9 Å². The van der Waals surface area contributed by atoms with Crippen LogP contribution in [-0.4, -0.2) is 0 Å². The number of benzene rings is 1. The van der Waals surface area contributed by atoms with Gasteiger partial charge in [0.2, 0.25) is 0 Å². The van der Waals surface area contributed by atoms with Crippen molar-refractivity contribution >= 4 is 5.69 Å². The first-order chi connectivity index (χ1) is 6.66. The molecule has 1 aliphatic rings. The number of hydrogen-bond acceptors (Lipinski definition) is 2.